The Bertz CT molecular complexity index is 392. The fourth-order valence-corrected chi connectivity index (χ4v) is 1.67. The average molecular weight is 237 g/mol. The summed E-state index contributed by atoms with van der Waals surface area (Å²) in [5.74, 6) is -0.916. The van der Waals surface area contributed by atoms with Crippen LogP contribution >= 0.6 is 0 Å². The molecule has 0 fully saturated rings. The number of nitrogens with one attached hydrogen (secondary N) is 1. The van der Waals surface area contributed by atoms with Crippen molar-refractivity contribution in [2.45, 2.75) is 25.8 Å². The van der Waals surface area contributed by atoms with Crippen molar-refractivity contribution >= 4 is 5.97 Å². The fraction of sp³-hybridized carbons (Fsp3) is 0.462. The van der Waals surface area contributed by atoms with Gasteiger partial charge in [-0.2, -0.15) is 0 Å². The van der Waals surface area contributed by atoms with Crippen LogP contribution in [-0.2, 0) is 10.3 Å². The van der Waals surface area contributed by atoms with Gasteiger partial charge in [0.2, 0.25) is 0 Å². The van der Waals surface area contributed by atoms with Crippen molar-refractivity contribution < 1.29 is 15.0 Å². The van der Waals surface area contributed by atoms with Crippen LogP contribution in [0.4, 0.5) is 0 Å². The molecule has 0 aliphatic carbocycles. The Morgan fingerprint density at radius 2 is 2.18 bits per heavy atom. The van der Waals surface area contributed by atoms with E-state index >= 15 is 0 Å². The predicted octanol–water partition coefficient (Wildman–Crippen LogP) is 1.27. The maximum Gasteiger partial charge on any atom is 0.328 e. The van der Waals surface area contributed by atoms with Crippen LogP contribution in [0.15, 0.2) is 24.3 Å². The lowest BCUT2D eigenvalue weighted by Gasteiger charge is -2.27. The molecule has 4 nitrogen and oxygen atoms in total. The molecule has 0 radical (unpaired) electrons. The molecule has 0 heterocycles. The summed E-state index contributed by atoms with van der Waals surface area (Å²) in [6.07, 6.45) is 0.536. The van der Waals surface area contributed by atoms with Crippen LogP contribution in [0.5, 0.6) is 0 Å². The van der Waals surface area contributed by atoms with Gasteiger partial charge in [-0.1, -0.05) is 29.8 Å². The van der Waals surface area contributed by atoms with Gasteiger partial charge in [-0.25, -0.2) is 4.79 Å². The minimum Gasteiger partial charge on any atom is -0.480 e. The zero-order chi connectivity index (χ0) is 12.9. The first-order chi connectivity index (χ1) is 8.00. The van der Waals surface area contributed by atoms with Gasteiger partial charge < -0.3 is 10.2 Å². The van der Waals surface area contributed by atoms with Crippen LogP contribution in [-0.4, -0.2) is 29.3 Å². The lowest BCUT2D eigenvalue weighted by molar-refractivity contribution is -0.144. The van der Waals surface area contributed by atoms with E-state index in [4.69, 9.17) is 5.11 Å². The molecule has 17 heavy (non-hydrogen) atoms. The van der Waals surface area contributed by atoms with Gasteiger partial charge in [0.05, 0.1) is 0 Å². The Morgan fingerprint density at radius 1 is 1.47 bits per heavy atom. The number of aryl methyl sites for hydroxylation is 1. The summed E-state index contributed by atoms with van der Waals surface area (Å²) in [5, 5.41) is 21.1. The molecule has 3 N–H and O–H groups in total. The second-order valence-corrected chi connectivity index (χ2v) is 4.30. The molecule has 94 valence electrons. The summed E-state index contributed by atoms with van der Waals surface area (Å²) in [4.78, 5) is 11.4. The molecule has 4 heteroatoms. The molecule has 1 unspecified atom stereocenters. The number of hydrogen-bond acceptors (Lipinski definition) is 3. The minimum atomic E-state index is -1.11. The zero-order valence-corrected chi connectivity index (χ0v) is 10.2. The number of carboxylic acids is 1. The number of carboxylic acid groups (broad SMARTS) is 1. The maximum atomic E-state index is 11.4. The van der Waals surface area contributed by atoms with E-state index in [2.05, 4.69) is 5.32 Å². The van der Waals surface area contributed by atoms with E-state index in [1.807, 2.05) is 25.1 Å². The van der Waals surface area contributed by atoms with E-state index < -0.39 is 11.5 Å². The zero-order valence-electron chi connectivity index (χ0n) is 10.2. The molecule has 0 aromatic heterocycles. The Kier molecular flexibility index (Phi) is 4.66. The molecule has 1 rings (SSSR count). The molecule has 0 saturated carbocycles. The highest BCUT2D eigenvalue weighted by atomic mass is 16.4. The van der Waals surface area contributed by atoms with E-state index in [1.54, 1.807) is 13.0 Å². The van der Waals surface area contributed by atoms with Crippen LogP contribution in [0.3, 0.4) is 0 Å². The number of carbonyl (C=O) groups is 1. The first-order valence-corrected chi connectivity index (χ1v) is 5.67. The highest BCUT2D eigenvalue weighted by molar-refractivity contribution is 5.80. The average Bonchev–Trinajstić information content (AvgIpc) is 2.29. The molecule has 1 atom stereocenters. The molecule has 1 aromatic carbocycles. The van der Waals surface area contributed by atoms with Crippen LogP contribution in [0, 0.1) is 6.92 Å². The third-order valence-electron chi connectivity index (χ3n) is 2.84. The second kappa shape index (κ2) is 5.80. The fourth-order valence-electron chi connectivity index (χ4n) is 1.67. The maximum absolute atomic E-state index is 11.4. The van der Waals surface area contributed by atoms with Crippen LogP contribution in [0.25, 0.3) is 0 Å². The normalized spacial score (nSPS) is 14.3. The first-order valence-electron chi connectivity index (χ1n) is 5.67. The largest absolute Gasteiger partial charge is 0.480 e. The van der Waals surface area contributed by atoms with Crippen molar-refractivity contribution in [2.75, 3.05) is 13.2 Å². The van der Waals surface area contributed by atoms with Gasteiger partial charge in [0.1, 0.15) is 5.54 Å². The van der Waals surface area contributed by atoms with Crippen LogP contribution in [0.2, 0.25) is 0 Å². The van der Waals surface area contributed by atoms with Crippen molar-refractivity contribution in [1.29, 1.82) is 0 Å². The lowest BCUT2D eigenvalue weighted by atomic mass is 9.91. The molecule has 0 spiro atoms. The number of rotatable bonds is 6. The molecule has 0 amide bonds. The van der Waals surface area contributed by atoms with Crippen molar-refractivity contribution in [2.24, 2.45) is 0 Å². The number of aliphatic carboxylic acids is 1. The van der Waals surface area contributed by atoms with E-state index in [-0.39, 0.29) is 6.61 Å². The standard InChI is InChI=1S/C13H19NO3/c1-10-5-3-6-11(9-10)13(2,12(16)17)14-7-4-8-15/h3,5-6,9,14-15H,4,7-8H2,1-2H3,(H,16,17). The molecule has 0 aliphatic rings. The van der Waals surface area contributed by atoms with Crippen molar-refractivity contribution in [3.8, 4) is 0 Å². The second-order valence-electron chi connectivity index (χ2n) is 4.30. The number of benzene rings is 1. The number of aliphatic hydroxyl groups is 1. The smallest absolute Gasteiger partial charge is 0.328 e. The molecular formula is C13H19NO3. The van der Waals surface area contributed by atoms with Gasteiger partial charge in [-0.05, 0) is 32.4 Å². The number of hydrogen-bond donors (Lipinski definition) is 3. The number of aliphatic hydroxyl groups excluding tert-OH is 1. The van der Waals surface area contributed by atoms with E-state index in [0.29, 0.717) is 13.0 Å². The summed E-state index contributed by atoms with van der Waals surface area (Å²) in [5.41, 5.74) is 0.642. The summed E-state index contributed by atoms with van der Waals surface area (Å²) < 4.78 is 0. The van der Waals surface area contributed by atoms with Gasteiger partial charge in [-0.15, -0.1) is 0 Å². The van der Waals surface area contributed by atoms with E-state index in [9.17, 15) is 9.90 Å². The topological polar surface area (TPSA) is 69.6 Å². The van der Waals surface area contributed by atoms with Crippen molar-refractivity contribution in [3.05, 3.63) is 35.4 Å². The molecular weight excluding hydrogens is 218 g/mol. The monoisotopic (exact) mass is 237 g/mol. The Balaban J connectivity index is 2.95. The lowest BCUT2D eigenvalue weighted by Crippen LogP contribution is -2.47. The molecule has 0 bridgehead atoms. The molecule has 1 aromatic rings. The Morgan fingerprint density at radius 3 is 2.71 bits per heavy atom. The van der Waals surface area contributed by atoms with Gasteiger partial charge >= 0.3 is 5.97 Å². The predicted molar refractivity (Wildman–Crippen MR) is 65.9 cm³/mol. The Hall–Kier alpha value is -1.39. The van der Waals surface area contributed by atoms with Crippen LogP contribution < -0.4 is 5.32 Å². The summed E-state index contributed by atoms with van der Waals surface area (Å²) in [6, 6.07) is 7.44. The summed E-state index contributed by atoms with van der Waals surface area (Å²) >= 11 is 0. The summed E-state index contributed by atoms with van der Waals surface area (Å²) in [6.45, 7) is 4.09. The van der Waals surface area contributed by atoms with Crippen molar-refractivity contribution in [3.63, 3.8) is 0 Å². The highest BCUT2D eigenvalue weighted by Crippen LogP contribution is 2.22. The van der Waals surface area contributed by atoms with Gasteiger partial charge in [0.15, 0.2) is 0 Å². The van der Waals surface area contributed by atoms with E-state index in [1.165, 1.54) is 0 Å². The molecule has 0 aliphatic heterocycles. The highest BCUT2D eigenvalue weighted by Gasteiger charge is 2.34. The quantitative estimate of drug-likeness (QED) is 0.652. The van der Waals surface area contributed by atoms with Gasteiger partial charge in [0.25, 0.3) is 0 Å². The minimum absolute atomic E-state index is 0.0521. The van der Waals surface area contributed by atoms with Crippen LogP contribution in [0.1, 0.15) is 24.5 Å². The Labute approximate surface area is 101 Å². The first kappa shape index (κ1) is 13.7. The summed E-state index contributed by atoms with van der Waals surface area (Å²) in [7, 11) is 0. The molecule has 0 saturated heterocycles. The van der Waals surface area contributed by atoms with Crippen molar-refractivity contribution in [1.82, 2.24) is 5.32 Å². The SMILES string of the molecule is Cc1cccc(C(C)(NCCCO)C(=O)O)c1. The third kappa shape index (κ3) is 3.28. The van der Waals surface area contributed by atoms with Gasteiger partial charge in [-0.3, -0.25) is 5.32 Å². The third-order valence-corrected chi connectivity index (χ3v) is 2.84. The van der Waals surface area contributed by atoms with Gasteiger partial charge in [0, 0.05) is 6.61 Å². The van der Waals surface area contributed by atoms with E-state index in [0.717, 1.165) is 11.1 Å².